The number of aromatic nitrogens is 1. The van der Waals surface area contributed by atoms with Crippen LogP contribution >= 0.6 is 0 Å². The van der Waals surface area contributed by atoms with Crippen molar-refractivity contribution in [3.05, 3.63) is 24.0 Å². The topological polar surface area (TPSA) is 53.4 Å². The van der Waals surface area contributed by atoms with Gasteiger partial charge in [-0.25, -0.2) is 0 Å². The van der Waals surface area contributed by atoms with E-state index in [0.29, 0.717) is 0 Å². The Morgan fingerprint density at radius 3 is 3.10 bits per heavy atom. The highest BCUT2D eigenvalue weighted by atomic mass is 16.4. The minimum atomic E-state index is -2.31. The number of nitrogens with zero attached hydrogens (tertiary/aromatic N) is 1. The third-order valence-electron chi connectivity index (χ3n) is 1.08. The summed E-state index contributed by atoms with van der Waals surface area (Å²) in [7, 11) is -1.66. The largest absolute Gasteiger partial charge is 0.488 e. The van der Waals surface area contributed by atoms with E-state index >= 15 is 0 Å². The maximum absolute atomic E-state index is 8.76. The molecule has 1 aromatic rings. The van der Waals surface area contributed by atoms with Gasteiger partial charge in [0.1, 0.15) is 0 Å². The van der Waals surface area contributed by atoms with Crippen molar-refractivity contribution < 1.29 is 14.2 Å². The van der Waals surface area contributed by atoms with Gasteiger partial charge >= 0.3 is 7.12 Å². The first-order valence-electron chi connectivity index (χ1n) is 4.24. The average molecular weight is 141 g/mol. The maximum Gasteiger partial charge on any atom is 0.488 e. The normalized spacial score (nSPS) is 15.2. The van der Waals surface area contributed by atoms with E-state index in [1.807, 2.05) is 0 Å². The Morgan fingerprint density at radius 2 is 2.50 bits per heavy atom. The molecule has 2 N–H and O–H groups in total. The molecule has 0 atom stereocenters. The number of hydrogen-bond donors (Lipinski definition) is 2. The highest BCUT2D eigenvalue weighted by Crippen LogP contribution is 1.87. The smallest absolute Gasteiger partial charge is 0.423 e. The molecular formula is C6H8BNO2. The second kappa shape index (κ2) is 2.81. The molecule has 0 aliphatic rings. The summed E-state index contributed by atoms with van der Waals surface area (Å²) in [4.78, 5) is 3.61. The van der Waals surface area contributed by atoms with Gasteiger partial charge in [-0.2, -0.15) is 0 Å². The van der Waals surface area contributed by atoms with Gasteiger partial charge < -0.3 is 10.0 Å². The van der Waals surface area contributed by atoms with Gasteiger partial charge in [0.25, 0.3) is 0 Å². The lowest BCUT2D eigenvalue weighted by Crippen LogP contribution is -2.29. The fourth-order valence-electron chi connectivity index (χ4n) is 0.607. The molecule has 0 unspecified atom stereocenters. The van der Waals surface area contributed by atoms with Crippen LogP contribution in [-0.2, 0) is 0 Å². The lowest BCUT2D eigenvalue weighted by atomic mass is 9.81. The number of hydrogen-bond acceptors (Lipinski definition) is 3. The van der Waals surface area contributed by atoms with E-state index in [1.54, 1.807) is 0 Å². The molecule has 0 bridgehead atoms. The van der Waals surface area contributed by atoms with Gasteiger partial charge in [0.2, 0.25) is 0 Å². The Hall–Kier alpha value is -0.865. The summed E-state index contributed by atoms with van der Waals surface area (Å²) >= 11 is 0. The van der Waals surface area contributed by atoms with Gasteiger partial charge in [-0.05, 0) is 24.4 Å². The fraction of sp³-hybridized carbons (Fsp3) is 0.167. The molecule has 0 spiro atoms. The van der Waals surface area contributed by atoms with Crippen molar-refractivity contribution in [2.24, 2.45) is 0 Å². The molecule has 3 nitrogen and oxygen atoms in total. The predicted octanol–water partition coefficient (Wildman–Crippen LogP) is -0.930. The Labute approximate surface area is 63.7 Å². The first kappa shape index (κ1) is 4.11. The van der Waals surface area contributed by atoms with Crippen LogP contribution in [0.15, 0.2) is 18.3 Å². The molecule has 10 heavy (non-hydrogen) atoms. The van der Waals surface area contributed by atoms with Gasteiger partial charge in [-0.3, -0.25) is 4.98 Å². The molecule has 4 heteroatoms. The molecule has 0 saturated carbocycles. The first-order chi connectivity index (χ1) is 5.91. The SMILES string of the molecule is [2H][13C]([2H])([2H])c1cc(B(O)O)ccn1. The van der Waals surface area contributed by atoms with Crippen LogP contribution in [0.3, 0.4) is 0 Å². The van der Waals surface area contributed by atoms with Gasteiger partial charge in [0, 0.05) is 16.0 Å². The summed E-state index contributed by atoms with van der Waals surface area (Å²) in [6.45, 7) is -2.31. The molecule has 0 aromatic carbocycles. The predicted molar refractivity (Wildman–Crippen MR) is 38.8 cm³/mol. The van der Waals surface area contributed by atoms with E-state index in [9.17, 15) is 0 Å². The highest BCUT2D eigenvalue weighted by molar-refractivity contribution is 6.58. The van der Waals surface area contributed by atoms with Gasteiger partial charge in [-0.1, -0.05) is 0 Å². The van der Waals surface area contributed by atoms with Crippen LogP contribution in [0.25, 0.3) is 0 Å². The zero-order valence-corrected chi connectivity index (χ0v) is 5.15. The van der Waals surface area contributed by atoms with Crippen molar-refractivity contribution in [1.29, 1.82) is 0 Å². The van der Waals surface area contributed by atoms with Crippen molar-refractivity contribution >= 4 is 12.6 Å². The summed E-state index contributed by atoms with van der Waals surface area (Å²) in [5.41, 5.74) is -0.0146. The molecule has 52 valence electrons. The summed E-state index contributed by atoms with van der Waals surface area (Å²) in [5.74, 6) is 0. The van der Waals surface area contributed by atoms with Crippen molar-refractivity contribution in [3.63, 3.8) is 0 Å². The molecule has 1 rings (SSSR count). The molecule has 0 fully saturated rings. The minimum Gasteiger partial charge on any atom is -0.423 e. The molecule has 0 saturated heterocycles. The summed E-state index contributed by atoms with van der Waals surface area (Å²) in [5, 5.41) is 17.5. The molecule has 0 radical (unpaired) electrons. The maximum atomic E-state index is 8.76. The second-order valence-corrected chi connectivity index (χ2v) is 1.85. The van der Waals surface area contributed by atoms with E-state index in [0.717, 1.165) is 6.07 Å². The Morgan fingerprint density at radius 1 is 1.70 bits per heavy atom. The van der Waals surface area contributed by atoms with E-state index < -0.39 is 14.0 Å². The number of aryl methyl sites for hydroxylation is 1. The molecule has 0 aliphatic carbocycles. The lowest BCUT2D eigenvalue weighted by molar-refractivity contribution is 0.425. The summed E-state index contributed by atoms with van der Waals surface area (Å²) in [6, 6.07) is 2.50. The van der Waals surface area contributed by atoms with Gasteiger partial charge in [0.15, 0.2) is 0 Å². The molecule has 0 amide bonds. The van der Waals surface area contributed by atoms with Crippen LogP contribution in [0.1, 0.15) is 9.81 Å². The van der Waals surface area contributed by atoms with E-state index in [4.69, 9.17) is 14.2 Å². The van der Waals surface area contributed by atoms with Gasteiger partial charge in [-0.15, -0.1) is 0 Å². The monoisotopic (exact) mass is 141 g/mol. The Balaban J connectivity index is 3.06. The van der Waals surface area contributed by atoms with Crippen LogP contribution in [0, 0.1) is 6.85 Å². The lowest BCUT2D eigenvalue weighted by Gasteiger charge is -1.97. The summed E-state index contributed by atoms with van der Waals surface area (Å²) < 4.78 is 21.1. The third-order valence-corrected chi connectivity index (χ3v) is 1.08. The molecule has 1 aromatic heterocycles. The zero-order chi connectivity index (χ0) is 10.1. The third kappa shape index (κ3) is 1.56. The minimum absolute atomic E-state index is 0.126. The van der Waals surface area contributed by atoms with Crippen LogP contribution in [0.4, 0.5) is 0 Å². The average Bonchev–Trinajstić information content (AvgIpc) is 2.03. The number of rotatable bonds is 1. The van der Waals surface area contributed by atoms with Crippen LogP contribution < -0.4 is 5.46 Å². The van der Waals surface area contributed by atoms with E-state index in [-0.39, 0.29) is 11.2 Å². The highest BCUT2D eigenvalue weighted by Gasteiger charge is 2.09. The van der Waals surface area contributed by atoms with E-state index in [1.165, 1.54) is 12.3 Å². The molecular weight excluding hydrogens is 130 g/mol. The van der Waals surface area contributed by atoms with Crippen LogP contribution in [0.2, 0.25) is 0 Å². The van der Waals surface area contributed by atoms with Crippen molar-refractivity contribution in [2.45, 2.75) is 6.85 Å². The fourth-order valence-corrected chi connectivity index (χ4v) is 0.607. The molecule has 0 aliphatic heterocycles. The number of pyridine rings is 1. The first-order valence-corrected chi connectivity index (χ1v) is 2.74. The molecule has 1 heterocycles. The Kier molecular flexibility index (Phi) is 1.15. The quantitative estimate of drug-likeness (QED) is 0.392. The second-order valence-electron chi connectivity index (χ2n) is 1.85. The zero-order valence-electron chi connectivity index (χ0n) is 8.15. The van der Waals surface area contributed by atoms with E-state index in [2.05, 4.69) is 4.98 Å². The van der Waals surface area contributed by atoms with Crippen molar-refractivity contribution in [1.82, 2.24) is 4.98 Å². The van der Waals surface area contributed by atoms with Crippen LogP contribution in [0.5, 0.6) is 0 Å². The van der Waals surface area contributed by atoms with Crippen LogP contribution in [-0.4, -0.2) is 22.2 Å². The standard InChI is InChI=1S/C6H8BNO2/c1-5-4-6(7(9)10)2-3-8-5/h2-4,9-10H,1H3/i1+1D3. The van der Waals surface area contributed by atoms with Crippen molar-refractivity contribution in [3.8, 4) is 0 Å². The summed E-state index contributed by atoms with van der Waals surface area (Å²) in [6.07, 6.45) is 1.23. The van der Waals surface area contributed by atoms with Crippen molar-refractivity contribution in [2.75, 3.05) is 0 Å². The van der Waals surface area contributed by atoms with Gasteiger partial charge in [0.05, 0.1) is 0 Å². The Bertz CT molecular complexity index is 302.